The standard InChI is InChI=1S/C23H38N4O.HI/c1-4-28-22-11-15-27(16-12-22)23(24-3)25-17-20-7-5-6-8-21(20)18-26-13-9-19(2)10-14-26;/h5-8,19,22H,4,9-18H2,1-3H3,(H,24,25);1H. The number of benzene rings is 1. The van der Waals surface area contributed by atoms with Crippen molar-refractivity contribution in [1.29, 1.82) is 0 Å². The highest BCUT2D eigenvalue weighted by molar-refractivity contribution is 14.0. The van der Waals surface area contributed by atoms with E-state index in [-0.39, 0.29) is 24.0 Å². The highest BCUT2D eigenvalue weighted by Gasteiger charge is 2.22. The summed E-state index contributed by atoms with van der Waals surface area (Å²) in [5, 5.41) is 3.60. The normalized spacial score (nSPS) is 19.8. The van der Waals surface area contributed by atoms with Crippen LogP contribution in [0.4, 0.5) is 0 Å². The van der Waals surface area contributed by atoms with Crippen LogP contribution in [0, 0.1) is 5.92 Å². The van der Waals surface area contributed by atoms with Crippen molar-refractivity contribution in [3.05, 3.63) is 35.4 Å². The third kappa shape index (κ3) is 7.40. The molecule has 2 heterocycles. The fourth-order valence-electron chi connectivity index (χ4n) is 4.32. The van der Waals surface area contributed by atoms with Gasteiger partial charge in [0.1, 0.15) is 0 Å². The summed E-state index contributed by atoms with van der Waals surface area (Å²) in [4.78, 5) is 9.50. The second-order valence-corrected chi connectivity index (χ2v) is 8.27. The Morgan fingerprint density at radius 3 is 2.34 bits per heavy atom. The van der Waals surface area contributed by atoms with Crippen molar-refractivity contribution in [1.82, 2.24) is 15.1 Å². The lowest BCUT2D eigenvalue weighted by molar-refractivity contribution is 0.0263. The van der Waals surface area contributed by atoms with Gasteiger partial charge in [-0.2, -0.15) is 0 Å². The Balaban J connectivity index is 0.00000300. The molecule has 2 saturated heterocycles. The van der Waals surface area contributed by atoms with Gasteiger partial charge >= 0.3 is 0 Å². The molecule has 0 aromatic heterocycles. The van der Waals surface area contributed by atoms with E-state index in [9.17, 15) is 0 Å². The van der Waals surface area contributed by atoms with Gasteiger partial charge in [0.05, 0.1) is 6.10 Å². The number of nitrogens with one attached hydrogen (secondary N) is 1. The van der Waals surface area contributed by atoms with Gasteiger partial charge in [-0.1, -0.05) is 31.2 Å². The van der Waals surface area contributed by atoms with Crippen LogP contribution in [-0.2, 0) is 17.8 Å². The number of aliphatic imine (C=N–C) groups is 1. The van der Waals surface area contributed by atoms with Gasteiger partial charge in [-0.3, -0.25) is 9.89 Å². The van der Waals surface area contributed by atoms with Crippen LogP contribution in [0.5, 0.6) is 0 Å². The van der Waals surface area contributed by atoms with Gasteiger partial charge in [0.25, 0.3) is 0 Å². The molecular weight excluding hydrogens is 475 g/mol. The first-order valence-electron chi connectivity index (χ1n) is 11.1. The number of nitrogens with zero attached hydrogens (tertiary/aromatic N) is 3. The lowest BCUT2D eigenvalue weighted by Gasteiger charge is -2.34. The number of hydrogen-bond acceptors (Lipinski definition) is 3. The van der Waals surface area contributed by atoms with Crippen molar-refractivity contribution in [3.8, 4) is 0 Å². The van der Waals surface area contributed by atoms with E-state index in [2.05, 4.69) is 58.2 Å². The van der Waals surface area contributed by atoms with Crippen LogP contribution in [0.2, 0.25) is 0 Å². The maximum absolute atomic E-state index is 5.78. The first-order chi connectivity index (χ1) is 13.7. The Hall–Kier alpha value is -0.860. The smallest absolute Gasteiger partial charge is 0.193 e. The number of piperidine rings is 2. The van der Waals surface area contributed by atoms with Gasteiger partial charge < -0.3 is 15.0 Å². The van der Waals surface area contributed by atoms with Crippen LogP contribution in [0.25, 0.3) is 0 Å². The number of ether oxygens (including phenoxy) is 1. The third-order valence-corrected chi connectivity index (χ3v) is 6.18. The number of rotatable bonds is 6. The fourth-order valence-corrected chi connectivity index (χ4v) is 4.32. The average Bonchev–Trinajstić information content (AvgIpc) is 2.72. The van der Waals surface area contributed by atoms with Crippen LogP contribution in [-0.4, -0.2) is 61.7 Å². The van der Waals surface area contributed by atoms with Gasteiger partial charge in [-0.05, 0) is 62.7 Å². The summed E-state index contributed by atoms with van der Waals surface area (Å²) in [5.74, 6) is 1.89. The molecule has 0 radical (unpaired) electrons. The van der Waals surface area contributed by atoms with Gasteiger partial charge in [-0.25, -0.2) is 0 Å². The molecule has 3 rings (SSSR count). The van der Waals surface area contributed by atoms with Crippen LogP contribution in [0.1, 0.15) is 50.7 Å². The molecule has 0 saturated carbocycles. The van der Waals surface area contributed by atoms with E-state index >= 15 is 0 Å². The van der Waals surface area contributed by atoms with Gasteiger partial charge in [-0.15, -0.1) is 24.0 Å². The van der Waals surface area contributed by atoms with Crippen LogP contribution >= 0.6 is 24.0 Å². The Labute approximate surface area is 194 Å². The zero-order chi connectivity index (χ0) is 19.8. The molecule has 2 aliphatic rings. The Morgan fingerprint density at radius 1 is 1.07 bits per heavy atom. The van der Waals surface area contributed by atoms with E-state index in [0.29, 0.717) is 6.10 Å². The van der Waals surface area contributed by atoms with Crippen molar-refractivity contribution in [3.63, 3.8) is 0 Å². The predicted octanol–water partition coefficient (Wildman–Crippen LogP) is 4.11. The van der Waals surface area contributed by atoms with Crippen molar-refractivity contribution < 1.29 is 4.74 Å². The zero-order valence-corrected chi connectivity index (χ0v) is 20.7. The molecule has 2 fully saturated rings. The predicted molar refractivity (Wildman–Crippen MR) is 132 cm³/mol. The molecule has 29 heavy (non-hydrogen) atoms. The van der Waals surface area contributed by atoms with Crippen LogP contribution in [0.3, 0.4) is 0 Å². The second kappa shape index (κ2) is 12.7. The van der Waals surface area contributed by atoms with E-state index in [0.717, 1.165) is 57.5 Å². The SMILES string of the molecule is CCOC1CCN(C(=NC)NCc2ccccc2CN2CCC(C)CC2)CC1.I. The van der Waals surface area contributed by atoms with Crippen LogP contribution in [0.15, 0.2) is 29.3 Å². The van der Waals surface area contributed by atoms with E-state index in [1.807, 2.05) is 7.05 Å². The summed E-state index contributed by atoms with van der Waals surface area (Å²) in [6, 6.07) is 8.85. The summed E-state index contributed by atoms with van der Waals surface area (Å²) >= 11 is 0. The summed E-state index contributed by atoms with van der Waals surface area (Å²) in [7, 11) is 1.89. The van der Waals surface area contributed by atoms with Gasteiger partial charge in [0, 0.05) is 39.8 Å². The Bertz CT molecular complexity index is 623. The minimum Gasteiger partial charge on any atom is -0.378 e. The molecule has 2 aliphatic heterocycles. The zero-order valence-electron chi connectivity index (χ0n) is 18.4. The molecule has 0 atom stereocenters. The van der Waals surface area contributed by atoms with E-state index < -0.39 is 0 Å². The monoisotopic (exact) mass is 514 g/mol. The first-order valence-corrected chi connectivity index (χ1v) is 11.1. The summed E-state index contributed by atoms with van der Waals surface area (Å²) in [5.41, 5.74) is 2.82. The van der Waals surface area contributed by atoms with E-state index in [1.54, 1.807) is 0 Å². The van der Waals surface area contributed by atoms with Gasteiger partial charge in [0.15, 0.2) is 5.96 Å². The molecule has 1 aromatic rings. The minimum absolute atomic E-state index is 0. The largest absolute Gasteiger partial charge is 0.378 e. The molecule has 0 bridgehead atoms. The molecule has 0 unspecified atom stereocenters. The maximum atomic E-state index is 5.78. The van der Waals surface area contributed by atoms with Gasteiger partial charge in [0.2, 0.25) is 0 Å². The summed E-state index contributed by atoms with van der Waals surface area (Å²) in [6.07, 6.45) is 5.22. The van der Waals surface area contributed by atoms with E-state index in [1.165, 1.54) is 37.1 Å². The Morgan fingerprint density at radius 2 is 1.72 bits per heavy atom. The van der Waals surface area contributed by atoms with Crippen LogP contribution < -0.4 is 5.32 Å². The van der Waals surface area contributed by atoms with Crippen molar-refractivity contribution >= 4 is 29.9 Å². The number of guanidine groups is 1. The number of halogens is 1. The molecule has 5 nitrogen and oxygen atoms in total. The molecule has 164 valence electrons. The highest BCUT2D eigenvalue weighted by Crippen LogP contribution is 2.20. The van der Waals surface area contributed by atoms with E-state index in [4.69, 9.17) is 4.74 Å². The van der Waals surface area contributed by atoms with Crippen molar-refractivity contribution in [2.75, 3.05) is 39.8 Å². The number of likely N-dealkylation sites (tertiary alicyclic amines) is 2. The van der Waals surface area contributed by atoms with Crippen molar-refractivity contribution in [2.45, 2.75) is 58.7 Å². The Kier molecular flexibility index (Phi) is 10.7. The number of hydrogen-bond donors (Lipinski definition) is 1. The topological polar surface area (TPSA) is 40.1 Å². The molecule has 0 amide bonds. The minimum atomic E-state index is 0. The molecule has 1 N–H and O–H groups in total. The third-order valence-electron chi connectivity index (χ3n) is 6.18. The lowest BCUT2D eigenvalue weighted by atomic mass is 9.98. The second-order valence-electron chi connectivity index (χ2n) is 8.27. The maximum Gasteiger partial charge on any atom is 0.193 e. The molecule has 6 heteroatoms. The summed E-state index contributed by atoms with van der Waals surface area (Å²) < 4.78 is 5.78. The van der Waals surface area contributed by atoms with Crippen molar-refractivity contribution in [2.24, 2.45) is 10.9 Å². The fraction of sp³-hybridized carbons (Fsp3) is 0.696. The first kappa shape index (κ1) is 24.4. The molecule has 1 aromatic carbocycles. The molecule has 0 aliphatic carbocycles. The molecular formula is C23H39IN4O. The summed E-state index contributed by atoms with van der Waals surface area (Å²) in [6.45, 7) is 11.6. The average molecular weight is 514 g/mol. The quantitative estimate of drug-likeness (QED) is 0.353. The highest BCUT2D eigenvalue weighted by atomic mass is 127. The lowest BCUT2D eigenvalue weighted by Crippen LogP contribution is -2.46. The molecule has 0 spiro atoms.